The maximum absolute atomic E-state index is 11.8. The van der Waals surface area contributed by atoms with Gasteiger partial charge in [0.05, 0.1) is 6.61 Å². The first-order valence-electron chi connectivity index (χ1n) is 6.18. The molecule has 0 aromatic carbocycles. The molecule has 17 heavy (non-hydrogen) atoms. The van der Waals surface area contributed by atoms with E-state index in [1.165, 1.54) is 0 Å². The molecule has 0 aromatic rings. The molecule has 0 bridgehead atoms. The third kappa shape index (κ3) is 4.07. The number of carbonyl (C=O) groups excluding carboxylic acids is 1. The van der Waals surface area contributed by atoms with Gasteiger partial charge in [-0.05, 0) is 26.0 Å². The van der Waals surface area contributed by atoms with E-state index >= 15 is 0 Å². The fraction of sp³-hybridized carbons (Fsp3) is 0.917. The maximum Gasteiger partial charge on any atom is 0.315 e. The van der Waals surface area contributed by atoms with E-state index in [1.54, 1.807) is 11.8 Å². The Morgan fingerprint density at radius 1 is 1.65 bits per heavy atom. The van der Waals surface area contributed by atoms with Gasteiger partial charge in [0.1, 0.15) is 0 Å². The Labute approximate surface area is 108 Å². The van der Waals surface area contributed by atoms with E-state index in [4.69, 9.17) is 0 Å². The molecule has 0 spiro atoms. The highest BCUT2D eigenvalue weighted by atomic mass is 32.2. The summed E-state index contributed by atoms with van der Waals surface area (Å²) in [5.41, 5.74) is -0.153. The number of carbonyl (C=O) groups is 1. The van der Waals surface area contributed by atoms with Gasteiger partial charge in [-0.2, -0.15) is 11.8 Å². The third-order valence-corrected chi connectivity index (χ3v) is 4.38. The molecule has 3 unspecified atom stereocenters. The number of hydrogen-bond donors (Lipinski definition) is 3. The van der Waals surface area contributed by atoms with Crippen molar-refractivity contribution in [3.63, 3.8) is 0 Å². The first-order valence-corrected chi connectivity index (χ1v) is 7.58. The van der Waals surface area contributed by atoms with Gasteiger partial charge in [-0.15, -0.1) is 0 Å². The van der Waals surface area contributed by atoms with E-state index in [0.29, 0.717) is 0 Å². The van der Waals surface area contributed by atoms with E-state index in [1.807, 2.05) is 20.1 Å². The number of rotatable bonds is 5. The predicted octanol–water partition coefficient (Wildman–Crippen LogP) is 1.59. The maximum atomic E-state index is 11.8. The van der Waals surface area contributed by atoms with Crippen LogP contribution in [-0.2, 0) is 0 Å². The van der Waals surface area contributed by atoms with Crippen molar-refractivity contribution in [1.82, 2.24) is 10.6 Å². The second kappa shape index (κ2) is 6.50. The van der Waals surface area contributed by atoms with Crippen molar-refractivity contribution in [3.05, 3.63) is 0 Å². The topological polar surface area (TPSA) is 61.4 Å². The van der Waals surface area contributed by atoms with E-state index < -0.39 is 0 Å². The van der Waals surface area contributed by atoms with Crippen LogP contribution in [0.3, 0.4) is 0 Å². The highest BCUT2D eigenvalue weighted by Crippen LogP contribution is 2.37. The van der Waals surface area contributed by atoms with Crippen molar-refractivity contribution in [1.29, 1.82) is 0 Å². The molecule has 1 aliphatic carbocycles. The summed E-state index contributed by atoms with van der Waals surface area (Å²) in [5, 5.41) is 15.3. The number of hydrogen-bond acceptors (Lipinski definition) is 3. The zero-order valence-corrected chi connectivity index (χ0v) is 11.8. The number of urea groups is 1. The molecule has 1 saturated carbocycles. The summed E-state index contributed by atoms with van der Waals surface area (Å²) in [5.74, 6) is 0.912. The summed E-state index contributed by atoms with van der Waals surface area (Å²) >= 11 is 1.72. The van der Waals surface area contributed by atoms with Crippen molar-refractivity contribution in [2.45, 2.75) is 45.2 Å². The van der Waals surface area contributed by atoms with Gasteiger partial charge in [-0.3, -0.25) is 0 Å². The lowest BCUT2D eigenvalue weighted by atomic mass is 9.86. The van der Waals surface area contributed by atoms with Crippen LogP contribution in [0.25, 0.3) is 0 Å². The van der Waals surface area contributed by atoms with Gasteiger partial charge >= 0.3 is 6.03 Å². The largest absolute Gasteiger partial charge is 0.396 e. The van der Waals surface area contributed by atoms with Crippen molar-refractivity contribution >= 4 is 17.8 Å². The van der Waals surface area contributed by atoms with Crippen LogP contribution in [0.1, 0.15) is 33.1 Å². The first kappa shape index (κ1) is 14.6. The normalized spacial score (nSPS) is 30.0. The standard InChI is InChI=1S/C12H24N2O2S/c1-9(7-17-3)13-11(16)14-10-5-4-6-12(10,2)8-15/h9-10,15H,4-8H2,1-3H3,(H2,13,14,16). The van der Waals surface area contributed by atoms with E-state index in [9.17, 15) is 9.90 Å². The molecule has 3 N–H and O–H groups in total. The summed E-state index contributed by atoms with van der Waals surface area (Å²) in [6.45, 7) is 4.17. The second-order valence-corrected chi connectivity index (χ2v) is 6.14. The minimum Gasteiger partial charge on any atom is -0.396 e. The zero-order chi connectivity index (χ0) is 12.9. The molecule has 5 heteroatoms. The summed E-state index contributed by atoms with van der Waals surface area (Å²) in [4.78, 5) is 11.8. The Balaban J connectivity index is 2.40. The van der Waals surface area contributed by atoms with Crippen LogP contribution in [0.15, 0.2) is 0 Å². The van der Waals surface area contributed by atoms with Gasteiger partial charge in [-0.25, -0.2) is 4.79 Å². The quantitative estimate of drug-likeness (QED) is 0.703. The molecule has 0 aromatic heterocycles. The summed E-state index contributed by atoms with van der Waals surface area (Å²) < 4.78 is 0. The minimum atomic E-state index is -0.153. The predicted molar refractivity (Wildman–Crippen MR) is 72.3 cm³/mol. The molecule has 2 amide bonds. The minimum absolute atomic E-state index is 0.0916. The van der Waals surface area contributed by atoms with Gasteiger partial charge < -0.3 is 15.7 Å². The molecule has 0 radical (unpaired) electrons. The van der Waals surface area contributed by atoms with Crippen LogP contribution in [0.5, 0.6) is 0 Å². The summed E-state index contributed by atoms with van der Waals surface area (Å²) in [6.07, 6.45) is 5.04. The molecular formula is C12H24N2O2S. The van der Waals surface area contributed by atoms with Crippen LogP contribution >= 0.6 is 11.8 Å². The molecule has 0 aliphatic heterocycles. The Morgan fingerprint density at radius 2 is 2.35 bits per heavy atom. The van der Waals surface area contributed by atoms with E-state index in [2.05, 4.69) is 10.6 Å². The van der Waals surface area contributed by atoms with Crippen LogP contribution in [0, 0.1) is 5.41 Å². The number of thioether (sulfide) groups is 1. The van der Waals surface area contributed by atoms with Crippen molar-refractivity contribution in [3.8, 4) is 0 Å². The van der Waals surface area contributed by atoms with Gasteiger partial charge in [0.25, 0.3) is 0 Å². The molecule has 0 saturated heterocycles. The van der Waals surface area contributed by atoms with E-state index in [-0.39, 0.29) is 30.1 Å². The molecule has 100 valence electrons. The van der Waals surface area contributed by atoms with Crippen molar-refractivity contribution in [2.75, 3.05) is 18.6 Å². The Kier molecular flexibility index (Phi) is 5.59. The van der Waals surface area contributed by atoms with E-state index in [0.717, 1.165) is 25.0 Å². The Bertz CT molecular complexity index is 263. The van der Waals surface area contributed by atoms with Gasteiger partial charge in [0.15, 0.2) is 0 Å². The number of amides is 2. The lowest BCUT2D eigenvalue weighted by Gasteiger charge is -2.30. The fourth-order valence-corrected chi connectivity index (χ4v) is 2.97. The number of nitrogens with one attached hydrogen (secondary N) is 2. The molecular weight excluding hydrogens is 236 g/mol. The monoisotopic (exact) mass is 260 g/mol. The molecule has 3 atom stereocenters. The smallest absolute Gasteiger partial charge is 0.315 e. The highest BCUT2D eigenvalue weighted by Gasteiger charge is 2.39. The van der Waals surface area contributed by atoms with Gasteiger partial charge in [-0.1, -0.05) is 13.3 Å². The van der Waals surface area contributed by atoms with Crippen molar-refractivity contribution < 1.29 is 9.90 Å². The molecule has 4 nitrogen and oxygen atoms in total. The van der Waals surface area contributed by atoms with Crippen LogP contribution in [0.4, 0.5) is 4.79 Å². The van der Waals surface area contributed by atoms with Gasteiger partial charge in [0, 0.05) is 23.3 Å². The average molecular weight is 260 g/mol. The molecule has 1 fully saturated rings. The zero-order valence-electron chi connectivity index (χ0n) is 11.0. The molecule has 1 rings (SSSR count). The van der Waals surface area contributed by atoms with Gasteiger partial charge in [0.2, 0.25) is 0 Å². The summed E-state index contributed by atoms with van der Waals surface area (Å²) in [6, 6.07) is 0.152. The van der Waals surface area contributed by atoms with Crippen LogP contribution < -0.4 is 10.6 Å². The average Bonchev–Trinajstić information content (AvgIpc) is 2.61. The summed E-state index contributed by atoms with van der Waals surface area (Å²) in [7, 11) is 0. The van der Waals surface area contributed by atoms with Crippen LogP contribution in [-0.4, -0.2) is 41.8 Å². The first-order chi connectivity index (χ1) is 8.01. The highest BCUT2D eigenvalue weighted by molar-refractivity contribution is 7.98. The third-order valence-electron chi connectivity index (χ3n) is 3.54. The SMILES string of the molecule is CSCC(C)NC(=O)NC1CCCC1(C)CO. The van der Waals surface area contributed by atoms with Crippen LogP contribution in [0.2, 0.25) is 0 Å². The Morgan fingerprint density at radius 3 is 2.94 bits per heavy atom. The number of aliphatic hydroxyl groups excluding tert-OH is 1. The number of aliphatic hydroxyl groups is 1. The Hall–Kier alpha value is -0.420. The fourth-order valence-electron chi connectivity index (χ4n) is 2.38. The molecule has 0 heterocycles. The second-order valence-electron chi connectivity index (χ2n) is 5.23. The lowest BCUT2D eigenvalue weighted by molar-refractivity contribution is 0.121. The molecule has 1 aliphatic rings. The lowest BCUT2D eigenvalue weighted by Crippen LogP contribution is -2.50. The van der Waals surface area contributed by atoms with Crippen molar-refractivity contribution in [2.24, 2.45) is 5.41 Å².